The van der Waals surface area contributed by atoms with E-state index in [9.17, 15) is 65.6 Å². The van der Waals surface area contributed by atoms with Gasteiger partial charge in [0.15, 0.2) is 0 Å². The maximum atomic E-state index is 14.0. The highest BCUT2D eigenvalue weighted by Crippen LogP contribution is 2.34. The van der Waals surface area contributed by atoms with Crippen LogP contribution in [0.3, 0.4) is 0 Å². The van der Waals surface area contributed by atoms with E-state index in [1.165, 1.54) is 58.2 Å². The van der Waals surface area contributed by atoms with Crippen molar-refractivity contribution in [1.82, 2.24) is 50.0 Å². The molecule has 8 aromatic rings. The van der Waals surface area contributed by atoms with E-state index < -0.39 is 58.2 Å². The molecule has 0 aliphatic carbocycles. The molecule has 0 atom stereocenters. The standard InChI is InChI=1S/C66H64F6N12O12/c1-43-53(57-17-19-79-83(57)49-13-9-45(41-73)10-14-49)39-55(63(89)81(43)51-7-3-5-47(37-51)65(67,68)69)59(85)75-21-25-91-29-33-95-35-31-93-27-23-77-61(87)62(88)78-24-28-94-32-36-96-34-30-92-26-22-76-60(86)56-40-54(58-18-20-80-84(58)50-15-11-46(42-74)12-16-50)44(2)82(64(56)90)52-8-4-6-48(38-52)66(70,71)72/h3-20,37-40H,21-36H2,1-2H3,(H,75,85)(H,76,86)(H,77,87)(H,78,88). The molecule has 4 amide bonds. The van der Waals surface area contributed by atoms with Gasteiger partial charge in [-0.2, -0.15) is 47.1 Å². The van der Waals surface area contributed by atoms with Crippen LogP contribution in [0.1, 0.15) is 54.4 Å². The molecule has 0 fully saturated rings. The summed E-state index contributed by atoms with van der Waals surface area (Å²) in [6, 6.07) is 31.4. The van der Waals surface area contributed by atoms with Crippen LogP contribution in [0.25, 0.3) is 45.3 Å². The molecular formula is C66H64F6N12O12. The molecule has 0 spiro atoms. The average molecular weight is 1330 g/mol. The Labute approximate surface area is 544 Å². The highest BCUT2D eigenvalue weighted by Gasteiger charge is 2.33. The molecule has 4 heterocycles. The molecular weight excluding hydrogens is 1270 g/mol. The summed E-state index contributed by atoms with van der Waals surface area (Å²) in [6.07, 6.45) is -6.46. The number of benzene rings is 4. The number of aromatic nitrogens is 6. The summed E-state index contributed by atoms with van der Waals surface area (Å²) < 4.78 is 121. The van der Waals surface area contributed by atoms with Crippen molar-refractivity contribution in [2.24, 2.45) is 0 Å². The van der Waals surface area contributed by atoms with Crippen LogP contribution in [0.4, 0.5) is 26.3 Å². The number of nitrogens with zero attached hydrogens (tertiary/aromatic N) is 8. The number of halogens is 6. The number of nitriles is 2. The van der Waals surface area contributed by atoms with Crippen molar-refractivity contribution in [2.45, 2.75) is 26.2 Å². The fourth-order valence-electron chi connectivity index (χ4n) is 9.68. The molecule has 8 rings (SSSR count). The Morgan fingerprint density at radius 3 is 1.08 bits per heavy atom. The first-order valence-corrected chi connectivity index (χ1v) is 29.8. The highest BCUT2D eigenvalue weighted by atomic mass is 19.4. The zero-order valence-corrected chi connectivity index (χ0v) is 51.8. The minimum absolute atomic E-state index is 0.0146. The molecule has 0 saturated carbocycles. The number of ether oxygens (including phenoxy) is 6. The molecule has 4 aromatic heterocycles. The first-order chi connectivity index (χ1) is 46.2. The number of amides is 4. The number of rotatable bonds is 32. The Bertz CT molecular complexity index is 3960. The SMILES string of the molecule is Cc1c(-c2ccnn2-c2ccc(C#N)cc2)cc(C(=O)NCCOCCOCCOCCNC(=O)C(=O)NCCOCCOCCOCCNC(=O)c2cc(-c3ccnn3-c3ccc(C#N)cc3)c(C)n(-c3cccc(C(F)(F)F)c3)c2=O)c(=O)n1-c1cccc(C(F)(F)F)c1. The smallest absolute Gasteiger partial charge is 0.377 e. The average Bonchev–Trinajstić information content (AvgIpc) is 1.13. The lowest BCUT2D eigenvalue weighted by molar-refractivity contribution is -0.139. The summed E-state index contributed by atoms with van der Waals surface area (Å²) in [5.41, 5.74) is -0.829. The van der Waals surface area contributed by atoms with Gasteiger partial charge in [0.25, 0.3) is 22.9 Å². The van der Waals surface area contributed by atoms with Crippen LogP contribution in [-0.2, 0) is 50.4 Å². The molecule has 96 heavy (non-hydrogen) atoms. The second-order valence-electron chi connectivity index (χ2n) is 20.8. The molecule has 0 aliphatic rings. The molecule has 4 aromatic carbocycles. The molecule has 30 heteroatoms. The van der Waals surface area contributed by atoms with Crippen molar-refractivity contribution in [3.63, 3.8) is 0 Å². The van der Waals surface area contributed by atoms with Crippen LogP contribution in [0.2, 0.25) is 0 Å². The third-order valence-electron chi connectivity index (χ3n) is 14.4. The zero-order chi connectivity index (χ0) is 68.8. The number of pyridine rings is 2. The van der Waals surface area contributed by atoms with Crippen LogP contribution < -0.4 is 32.4 Å². The van der Waals surface area contributed by atoms with Crippen molar-refractivity contribution in [2.75, 3.05) is 105 Å². The lowest BCUT2D eigenvalue weighted by Gasteiger charge is -2.19. The third kappa shape index (κ3) is 18.8. The van der Waals surface area contributed by atoms with E-state index in [-0.39, 0.29) is 139 Å². The summed E-state index contributed by atoms with van der Waals surface area (Å²) in [6.45, 7) is 4.43. The summed E-state index contributed by atoms with van der Waals surface area (Å²) in [7, 11) is 0. The van der Waals surface area contributed by atoms with Gasteiger partial charge in [0.1, 0.15) is 11.1 Å². The lowest BCUT2D eigenvalue weighted by atomic mass is 10.0. The van der Waals surface area contributed by atoms with Crippen molar-refractivity contribution in [3.05, 3.63) is 199 Å². The molecule has 0 unspecified atom stereocenters. The van der Waals surface area contributed by atoms with Gasteiger partial charge in [0.2, 0.25) is 0 Å². The van der Waals surface area contributed by atoms with Gasteiger partial charge in [-0.05, 0) is 123 Å². The van der Waals surface area contributed by atoms with Crippen LogP contribution in [0.5, 0.6) is 0 Å². The van der Waals surface area contributed by atoms with Crippen molar-refractivity contribution < 1.29 is 73.9 Å². The summed E-state index contributed by atoms with van der Waals surface area (Å²) in [5.74, 6) is -3.37. The number of hydrogen-bond donors (Lipinski definition) is 4. The summed E-state index contributed by atoms with van der Waals surface area (Å²) in [4.78, 5) is 79.6. The van der Waals surface area contributed by atoms with E-state index in [0.29, 0.717) is 45.0 Å². The number of nitrogens with one attached hydrogen (secondary N) is 4. The monoisotopic (exact) mass is 1330 g/mol. The maximum absolute atomic E-state index is 14.0. The predicted octanol–water partition coefficient (Wildman–Crippen LogP) is 6.58. The fourth-order valence-corrected chi connectivity index (χ4v) is 9.68. The Balaban J connectivity index is 0.661. The van der Waals surface area contributed by atoms with Crippen LogP contribution in [0, 0.1) is 36.5 Å². The van der Waals surface area contributed by atoms with E-state index in [4.69, 9.17) is 28.4 Å². The normalized spacial score (nSPS) is 11.4. The quantitative estimate of drug-likeness (QED) is 0.0197. The Morgan fingerprint density at radius 2 is 0.760 bits per heavy atom. The van der Waals surface area contributed by atoms with Gasteiger partial charge >= 0.3 is 24.2 Å². The summed E-state index contributed by atoms with van der Waals surface area (Å²) >= 11 is 0. The highest BCUT2D eigenvalue weighted by molar-refractivity contribution is 6.35. The summed E-state index contributed by atoms with van der Waals surface area (Å²) in [5, 5.41) is 37.4. The van der Waals surface area contributed by atoms with E-state index in [1.54, 1.807) is 74.5 Å². The Morgan fingerprint density at radius 1 is 0.438 bits per heavy atom. The van der Waals surface area contributed by atoms with Gasteiger partial charge < -0.3 is 49.7 Å². The number of carbonyl (C=O) groups is 4. The van der Waals surface area contributed by atoms with Crippen molar-refractivity contribution >= 4 is 23.6 Å². The van der Waals surface area contributed by atoms with Gasteiger partial charge in [-0.25, -0.2) is 9.36 Å². The van der Waals surface area contributed by atoms with Gasteiger partial charge in [0, 0.05) is 60.1 Å². The molecule has 0 saturated heterocycles. The van der Waals surface area contributed by atoms with E-state index >= 15 is 0 Å². The Kier molecular flexibility index (Phi) is 25.2. The molecule has 0 radical (unpaired) electrons. The van der Waals surface area contributed by atoms with Gasteiger partial charge in [-0.3, -0.25) is 37.9 Å². The largest absolute Gasteiger partial charge is 0.416 e. The topological polar surface area (TPSA) is 299 Å². The zero-order valence-electron chi connectivity index (χ0n) is 51.8. The number of hydrogen-bond acceptors (Lipinski definition) is 16. The third-order valence-corrected chi connectivity index (χ3v) is 14.4. The lowest BCUT2D eigenvalue weighted by Crippen LogP contribution is -2.42. The van der Waals surface area contributed by atoms with Crippen molar-refractivity contribution in [3.8, 4) is 57.4 Å². The van der Waals surface area contributed by atoms with E-state index in [0.717, 1.165) is 33.4 Å². The number of alkyl halides is 6. The minimum Gasteiger partial charge on any atom is -0.377 e. The van der Waals surface area contributed by atoms with Crippen LogP contribution in [0.15, 0.2) is 143 Å². The first-order valence-electron chi connectivity index (χ1n) is 29.8. The fraction of sp³-hybridized carbons (Fsp3) is 0.303. The van der Waals surface area contributed by atoms with Gasteiger partial charge in [0.05, 0.1) is 149 Å². The number of carbonyl (C=O) groups excluding carboxylic acids is 4. The van der Waals surface area contributed by atoms with Gasteiger partial charge in [-0.15, -0.1) is 0 Å². The second kappa shape index (κ2) is 34.0. The predicted molar refractivity (Wildman–Crippen MR) is 334 cm³/mol. The minimum atomic E-state index is -4.71. The van der Waals surface area contributed by atoms with E-state index in [1.807, 2.05) is 12.1 Å². The molecule has 0 bridgehead atoms. The molecule has 0 aliphatic heterocycles. The van der Waals surface area contributed by atoms with Gasteiger partial charge in [-0.1, -0.05) is 12.1 Å². The molecule has 24 nitrogen and oxygen atoms in total. The van der Waals surface area contributed by atoms with E-state index in [2.05, 4.69) is 31.5 Å². The second-order valence-corrected chi connectivity index (χ2v) is 20.8. The van der Waals surface area contributed by atoms with Crippen molar-refractivity contribution in [1.29, 1.82) is 10.5 Å². The Hall–Kier alpha value is -10.6. The first kappa shape index (κ1) is 71.3. The van der Waals surface area contributed by atoms with Crippen LogP contribution >= 0.6 is 0 Å². The molecule has 502 valence electrons. The molecule has 4 N–H and O–H groups in total. The van der Waals surface area contributed by atoms with Crippen LogP contribution in [-0.4, -0.2) is 158 Å². The maximum Gasteiger partial charge on any atom is 0.416 e.